The summed E-state index contributed by atoms with van der Waals surface area (Å²) >= 11 is 0. The van der Waals surface area contributed by atoms with Crippen molar-refractivity contribution in [2.45, 2.75) is 31.8 Å². The van der Waals surface area contributed by atoms with Crippen LogP contribution in [0.2, 0.25) is 0 Å². The Morgan fingerprint density at radius 2 is 2.18 bits per heavy atom. The molecule has 1 heterocycles. The van der Waals surface area contributed by atoms with Gasteiger partial charge in [-0.05, 0) is 25.8 Å². The molecule has 0 aromatic carbocycles. The van der Waals surface area contributed by atoms with Gasteiger partial charge in [-0.25, -0.2) is 0 Å². The van der Waals surface area contributed by atoms with Crippen molar-refractivity contribution < 1.29 is 14.4 Å². The molecule has 6 nitrogen and oxygen atoms in total. The normalized spacial score (nSPS) is 20.8. The molecule has 1 aliphatic rings. The van der Waals surface area contributed by atoms with Crippen molar-refractivity contribution in [2.75, 3.05) is 6.54 Å². The molecule has 0 aliphatic carbocycles. The van der Waals surface area contributed by atoms with Gasteiger partial charge in [0.25, 0.3) is 0 Å². The van der Waals surface area contributed by atoms with Gasteiger partial charge in [-0.15, -0.1) is 0 Å². The summed E-state index contributed by atoms with van der Waals surface area (Å²) in [6.45, 7) is 5.37. The lowest BCUT2D eigenvalue weighted by Crippen LogP contribution is -2.51. The molecule has 1 saturated heterocycles. The van der Waals surface area contributed by atoms with E-state index in [0.717, 1.165) is 12.5 Å². The molecule has 3 N–H and O–H groups in total. The standard InChI is InChI=1S/C11H17N3O3/c1-3-9(15)13-7(2)11(17)14-6-4-5-8(14)10(12)16/h3,7-8H,1,4-6H2,2H3,(H2,12,16)(H,13,15). The first kappa shape index (κ1) is 13.2. The van der Waals surface area contributed by atoms with Gasteiger partial charge in [0, 0.05) is 6.54 Å². The lowest BCUT2D eigenvalue weighted by Gasteiger charge is -2.25. The molecule has 2 atom stereocenters. The second kappa shape index (κ2) is 5.47. The maximum absolute atomic E-state index is 12.0. The molecule has 1 rings (SSSR count). The van der Waals surface area contributed by atoms with Gasteiger partial charge in [-0.1, -0.05) is 6.58 Å². The fourth-order valence-electron chi connectivity index (χ4n) is 1.91. The summed E-state index contributed by atoms with van der Waals surface area (Å²) in [5.41, 5.74) is 5.22. The first-order valence-electron chi connectivity index (χ1n) is 5.50. The molecule has 2 unspecified atom stereocenters. The minimum atomic E-state index is -0.680. The van der Waals surface area contributed by atoms with Crippen molar-refractivity contribution in [3.05, 3.63) is 12.7 Å². The van der Waals surface area contributed by atoms with Crippen LogP contribution in [-0.2, 0) is 14.4 Å². The molecule has 0 aromatic heterocycles. The number of nitrogens with two attached hydrogens (primary N) is 1. The number of primary amides is 1. The predicted molar refractivity (Wildman–Crippen MR) is 61.7 cm³/mol. The van der Waals surface area contributed by atoms with Crippen LogP contribution < -0.4 is 11.1 Å². The maximum atomic E-state index is 12.0. The van der Waals surface area contributed by atoms with Crippen molar-refractivity contribution in [3.63, 3.8) is 0 Å². The number of rotatable bonds is 4. The summed E-state index contributed by atoms with van der Waals surface area (Å²) in [6, 6.07) is -1.23. The Hall–Kier alpha value is -1.85. The number of nitrogens with zero attached hydrogens (tertiary/aromatic N) is 1. The number of nitrogens with one attached hydrogen (secondary N) is 1. The minimum absolute atomic E-state index is 0.290. The number of hydrogen-bond donors (Lipinski definition) is 2. The number of amides is 3. The maximum Gasteiger partial charge on any atom is 0.245 e. The van der Waals surface area contributed by atoms with Crippen LogP contribution in [0.15, 0.2) is 12.7 Å². The van der Waals surface area contributed by atoms with E-state index in [1.165, 1.54) is 4.90 Å². The van der Waals surface area contributed by atoms with E-state index in [-0.39, 0.29) is 5.91 Å². The number of carbonyl (C=O) groups is 3. The molecule has 3 amide bonds. The van der Waals surface area contributed by atoms with Crippen LogP contribution in [-0.4, -0.2) is 41.2 Å². The van der Waals surface area contributed by atoms with Crippen molar-refractivity contribution >= 4 is 17.7 Å². The summed E-state index contributed by atoms with van der Waals surface area (Å²) in [5, 5.41) is 2.47. The fourth-order valence-corrected chi connectivity index (χ4v) is 1.91. The second-order valence-electron chi connectivity index (χ2n) is 4.03. The Kier molecular flexibility index (Phi) is 4.25. The molecular weight excluding hydrogens is 222 g/mol. The van der Waals surface area contributed by atoms with Gasteiger partial charge in [-0.3, -0.25) is 14.4 Å². The Labute approximate surface area is 99.8 Å². The Balaban J connectivity index is 2.65. The van der Waals surface area contributed by atoms with E-state index in [9.17, 15) is 14.4 Å². The quantitative estimate of drug-likeness (QED) is 0.626. The van der Waals surface area contributed by atoms with E-state index in [0.29, 0.717) is 13.0 Å². The van der Waals surface area contributed by atoms with E-state index < -0.39 is 23.9 Å². The van der Waals surface area contributed by atoms with E-state index in [4.69, 9.17) is 5.73 Å². The number of likely N-dealkylation sites (tertiary alicyclic amines) is 1. The van der Waals surface area contributed by atoms with E-state index in [1.807, 2.05) is 0 Å². The van der Waals surface area contributed by atoms with Gasteiger partial charge in [0.05, 0.1) is 0 Å². The van der Waals surface area contributed by atoms with E-state index >= 15 is 0 Å². The molecule has 0 bridgehead atoms. The summed E-state index contributed by atoms with van der Waals surface area (Å²) in [7, 11) is 0. The highest BCUT2D eigenvalue weighted by Crippen LogP contribution is 2.17. The summed E-state index contributed by atoms with van der Waals surface area (Å²) in [4.78, 5) is 35.6. The monoisotopic (exact) mass is 239 g/mol. The fraction of sp³-hybridized carbons (Fsp3) is 0.545. The van der Waals surface area contributed by atoms with Gasteiger partial charge >= 0.3 is 0 Å². The average Bonchev–Trinajstić information content (AvgIpc) is 2.76. The predicted octanol–water partition coefficient (Wildman–Crippen LogP) is -0.847. The molecule has 0 radical (unpaired) electrons. The number of carbonyl (C=O) groups excluding carboxylic acids is 3. The third-order valence-electron chi connectivity index (χ3n) is 2.78. The lowest BCUT2D eigenvalue weighted by atomic mass is 10.2. The highest BCUT2D eigenvalue weighted by Gasteiger charge is 2.34. The van der Waals surface area contributed by atoms with Crippen LogP contribution in [0.4, 0.5) is 0 Å². The molecule has 94 valence electrons. The van der Waals surface area contributed by atoms with Crippen LogP contribution in [0.1, 0.15) is 19.8 Å². The minimum Gasteiger partial charge on any atom is -0.368 e. The molecule has 6 heteroatoms. The molecule has 1 fully saturated rings. The van der Waals surface area contributed by atoms with Crippen molar-refractivity contribution in [1.29, 1.82) is 0 Å². The molecule has 0 aromatic rings. The van der Waals surface area contributed by atoms with Crippen LogP contribution in [0.25, 0.3) is 0 Å². The van der Waals surface area contributed by atoms with Gasteiger partial charge in [0.1, 0.15) is 12.1 Å². The van der Waals surface area contributed by atoms with Crippen LogP contribution in [0, 0.1) is 0 Å². The third kappa shape index (κ3) is 3.05. The van der Waals surface area contributed by atoms with Gasteiger partial charge in [0.2, 0.25) is 17.7 Å². The zero-order chi connectivity index (χ0) is 13.0. The Bertz CT molecular complexity index is 354. The van der Waals surface area contributed by atoms with Gasteiger partial charge in [-0.2, -0.15) is 0 Å². The highest BCUT2D eigenvalue weighted by atomic mass is 16.2. The number of hydrogen-bond acceptors (Lipinski definition) is 3. The third-order valence-corrected chi connectivity index (χ3v) is 2.78. The molecule has 0 spiro atoms. The molecule has 0 saturated carbocycles. The van der Waals surface area contributed by atoms with Crippen molar-refractivity contribution in [3.8, 4) is 0 Å². The first-order chi connectivity index (χ1) is 7.97. The summed E-state index contributed by atoms with van der Waals surface area (Å²) in [6.07, 6.45) is 2.43. The van der Waals surface area contributed by atoms with Crippen LogP contribution in [0.3, 0.4) is 0 Å². The lowest BCUT2D eigenvalue weighted by molar-refractivity contribution is -0.139. The molecular formula is C11H17N3O3. The van der Waals surface area contributed by atoms with Gasteiger partial charge in [0.15, 0.2) is 0 Å². The smallest absolute Gasteiger partial charge is 0.245 e. The SMILES string of the molecule is C=CC(=O)NC(C)C(=O)N1CCCC1C(N)=O. The summed E-state index contributed by atoms with van der Waals surface area (Å²) < 4.78 is 0. The van der Waals surface area contributed by atoms with Crippen LogP contribution in [0.5, 0.6) is 0 Å². The average molecular weight is 239 g/mol. The topological polar surface area (TPSA) is 92.5 Å². The zero-order valence-electron chi connectivity index (χ0n) is 9.81. The molecule has 1 aliphatic heterocycles. The Morgan fingerprint density at radius 3 is 2.71 bits per heavy atom. The van der Waals surface area contributed by atoms with Crippen LogP contribution >= 0.6 is 0 Å². The van der Waals surface area contributed by atoms with Gasteiger partial charge < -0.3 is 16.0 Å². The highest BCUT2D eigenvalue weighted by molar-refractivity contribution is 5.94. The van der Waals surface area contributed by atoms with E-state index in [1.54, 1.807) is 6.92 Å². The largest absolute Gasteiger partial charge is 0.368 e. The second-order valence-corrected chi connectivity index (χ2v) is 4.03. The Morgan fingerprint density at radius 1 is 1.53 bits per heavy atom. The zero-order valence-corrected chi connectivity index (χ0v) is 9.81. The summed E-state index contributed by atoms with van der Waals surface area (Å²) in [5.74, 6) is -1.21. The van der Waals surface area contributed by atoms with E-state index in [2.05, 4.69) is 11.9 Å². The first-order valence-corrected chi connectivity index (χ1v) is 5.50. The van der Waals surface area contributed by atoms with Crippen molar-refractivity contribution in [1.82, 2.24) is 10.2 Å². The molecule has 17 heavy (non-hydrogen) atoms. The van der Waals surface area contributed by atoms with Crippen molar-refractivity contribution in [2.24, 2.45) is 5.73 Å².